The number of oxime groups is 1. The number of hydrogen-bond donors (Lipinski definition) is 3. The maximum Gasteiger partial charge on any atom is 0.252 e. The number of nitrogens with one attached hydrogen (secondary N) is 1. The highest BCUT2D eigenvalue weighted by atomic mass is 127. The lowest BCUT2D eigenvalue weighted by molar-refractivity contribution is 0.0925. The number of nitrogens with two attached hydrogens (primary N) is 1. The third kappa shape index (κ3) is 3.34. The van der Waals surface area contributed by atoms with E-state index in [0.29, 0.717) is 12.0 Å². The average molecular weight is 361 g/mol. The molecule has 1 unspecified atom stereocenters. The fourth-order valence-electron chi connectivity index (χ4n) is 1.40. The van der Waals surface area contributed by atoms with E-state index in [4.69, 9.17) is 10.9 Å². The van der Waals surface area contributed by atoms with Crippen molar-refractivity contribution in [3.05, 3.63) is 33.4 Å². The molecule has 6 heteroatoms. The predicted molar refractivity (Wildman–Crippen MR) is 78.7 cm³/mol. The number of halogens is 1. The molecule has 18 heavy (non-hydrogen) atoms. The molecule has 1 amide bonds. The van der Waals surface area contributed by atoms with Gasteiger partial charge >= 0.3 is 0 Å². The molecule has 4 N–H and O–H groups in total. The molecule has 5 nitrogen and oxygen atoms in total. The Kier molecular flexibility index (Phi) is 4.94. The molecular weight excluding hydrogens is 345 g/mol. The Labute approximate surface area is 120 Å². The molecule has 1 rings (SSSR count). The van der Waals surface area contributed by atoms with E-state index in [9.17, 15) is 4.79 Å². The summed E-state index contributed by atoms with van der Waals surface area (Å²) < 4.78 is 0.974. The molecule has 0 bridgehead atoms. The topological polar surface area (TPSA) is 87.7 Å². The molecule has 0 aliphatic carbocycles. The van der Waals surface area contributed by atoms with E-state index in [1.165, 1.54) is 0 Å². The molecule has 0 saturated heterocycles. The summed E-state index contributed by atoms with van der Waals surface area (Å²) in [4.78, 5) is 12.1. The van der Waals surface area contributed by atoms with E-state index in [-0.39, 0.29) is 11.7 Å². The summed E-state index contributed by atoms with van der Waals surface area (Å²) in [6, 6.07) is 7.21. The smallest absolute Gasteiger partial charge is 0.252 e. The van der Waals surface area contributed by atoms with E-state index in [1.54, 1.807) is 19.1 Å². The van der Waals surface area contributed by atoms with Crippen molar-refractivity contribution in [3.8, 4) is 0 Å². The van der Waals surface area contributed by atoms with Crippen LogP contribution in [0.25, 0.3) is 0 Å². The number of rotatable bonds is 4. The van der Waals surface area contributed by atoms with Crippen LogP contribution in [0.3, 0.4) is 0 Å². The molecule has 0 fully saturated rings. The minimum Gasteiger partial charge on any atom is -0.409 e. The third-order valence-electron chi connectivity index (χ3n) is 2.86. The van der Waals surface area contributed by atoms with Gasteiger partial charge in [-0.05, 0) is 54.1 Å². The highest BCUT2D eigenvalue weighted by molar-refractivity contribution is 14.1. The van der Waals surface area contributed by atoms with Crippen LogP contribution < -0.4 is 11.1 Å². The van der Waals surface area contributed by atoms with E-state index in [1.807, 2.05) is 19.1 Å². The lowest BCUT2D eigenvalue weighted by Gasteiger charge is -2.28. The van der Waals surface area contributed by atoms with Crippen LogP contribution in [0.5, 0.6) is 0 Å². The van der Waals surface area contributed by atoms with Crippen LogP contribution in [-0.2, 0) is 0 Å². The lowest BCUT2D eigenvalue weighted by Crippen LogP contribution is -2.55. The Morgan fingerprint density at radius 3 is 2.78 bits per heavy atom. The van der Waals surface area contributed by atoms with Gasteiger partial charge in [0, 0.05) is 9.13 Å². The number of nitrogens with zero attached hydrogens (tertiary/aromatic N) is 1. The number of carbonyl (C=O) groups excluding carboxylic acids is 1. The maximum absolute atomic E-state index is 12.1. The van der Waals surface area contributed by atoms with Crippen LogP contribution in [-0.4, -0.2) is 22.5 Å². The quantitative estimate of drug-likeness (QED) is 0.252. The van der Waals surface area contributed by atoms with Gasteiger partial charge < -0.3 is 16.3 Å². The standard InChI is InChI=1S/C12H16IN3O2/c1-3-12(2,11(14)16-18)15-10(17)8-5-4-6-9(13)7-8/h4-7,18H,3H2,1-2H3,(H2,14,16)(H,15,17). The van der Waals surface area contributed by atoms with Gasteiger partial charge in [0.05, 0.1) is 5.54 Å². The van der Waals surface area contributed by atoms with Crippen molar-refractivity contribution in [2.45, 2.75) is 25.8 Å². The fraction of sp³-hybridized carbons (Fsp3) is 0.333. The monoisotopic (exact) mass is 361 g/mol. The zero-order valence-electron chi connectivity index (χ0n) is 10.3. The van der Waals surface area contributed by atoms with Gasteiger partial charge in [-0.3, -0.25) is 4.79 Å². The number of hydrogen-bond acceptors (Lipinski definition) is 3. The van der Waals surface area contributed by atoms with Crippen LogP contribution in [0.1, 0.15) is 30.6 Å². The van der Waals surface area contributed by atoms with Crippen molar-refractivity contribution in [1.29, 1.82) is 0 Å². The van der Waals surface area contributed by atoms with Gasteiger partial charge in [-0.2, -0.15) is 0 Å². The molecule has 0 saturated carbocycles. The van der Waals surface area contributed by atoms with Gasteiger partial charge in [-0.25, -0.2) is 0 Å². The Hall–Kier alpha value is -1.31. The third-order valence-corrected chi connectivity index (χ3v) is 3.53. The molecule has 0 radical (unpaired) electrons. The van der Waals surface area contributed by atoms with Crippen molar-refractivity contribution in [2.75, 3.05) is 0 Å². The molecule has 1 aromatic rings. The van der Waals surface area contributed by atoms with Crippen LogP contribution in [0.4, 0.5) is 0 Å². The van der Waals surface area contributed by atoms with E-state index >= 15 is 0 Å². The second-order valence-electron chi connectivity index (χ2n) is 4.14. The first-order chi connectivity index (χ1) is 8.42. The first kappa shape index (κ1) is 14.7. The molecule has 0 heterocycles. The molecule has 1 atom stereocenters. The van der Waals surface area contributed by atoms with E-state index in [2.05, 4.69) is 33.1 Å². The Bertz CT molecular complexity index is 476. The van der Waals surface area contributed by atoms with Crippen molar-refractivity contribution < 1.29 is 10.0 Å². The fourth-order valence-corrected chi connectivity index (χ4v) is 1.94. The largest absolute Gasteiger partial charge is 0.409 e. The van der Waals surface area contributed by atoms with E-state index < -0.39 is 5.54 Å². The SMILES string of the molecule is CCC(C)(NC(=O)c1cccc(I)c1)/C(N)=N/O. The number of carbonyl (C=O) groups is 1. The normalized spacial score (nSPS) is 14.9. The molecule has 0 aliphatic rings. The summed E-state index contributed by atoms with van der Waals surface area (Å²) in [7, 11) is 0. The Morgan fingerprint density at radius 1 is 1.61 bits per heavy atom. The first-order valence-corrected chi connectivity index (χ1v) is 6.57. The van der Waals surface area contributed by atoms with Crippen molar-refractivity contribution in [1.82, 2.24) is 5.32 Å². The predicted octanol–water partition coefficient (Wildman–Crippen LogP) is 1.94. The molecular formula is C12H16IN3O2. The van der Waals surface area contributed by atoms with Gasteiger partial charge in [0.2, 0.25) is 0 Å². The van der Waals surface area contributed by atoms with Crippen molar-refractivity contribution in [2.24, 2.45) is 10.9 Å². The van der Waals surface area contributed by atoms with Gasteiger partial charge in [0.15, 0.2) is 5.84 Å². The second kappa shape index (κ2) is 6.03. The summed E-state index contributed by atoms with van der Waals surface area (Å²) >= 11 is 2.14. The molecule has 0 aliphatic heterocycles. The lowest BCUT2D eigenvalue weighted by atomic mass is 9.97. The summed E-state index contributed by atoms with van der Waals surface area (Å²) in [6.45, 7) is 3.57. The van der Waals surface area contributed by atoms with Gasteiger partial charge in [0.25, 0.3) is 5.91 Å². The van der Waals surface area contributed by atoms with Crippen molar-refractivity contribution in [3.63, 3.8) is 0 Å². The molecule has 0 spiro atoms. The number of amidine groups is 1. The zero-order chi connectivity index (χ0) is 13.8. The average Bonchev–Trinajstić information content (AvgIpc) is 2.37. The highest BCUT2D eigenvalue weighted by Gasteiger charge is 2.29. The van der Waals surface area contributed by atoms with E-state index in [0.717, 1.165) is 3.57 Å². The Balaban J connectivity index is 2.93. The van der Waals surface area contributed by atoms with Crippen LogP contribution in [0, 0.1) is 3.57 Å². The minimum absolute atomic E-state index is 0.0102. The Morgan fingerprint density at radius 2 is 2.28 bits per heavy atom. The number of amides is 1. The van der Waals surface area contributed by atoms with Crippen LogP contribution >= 0.6 is 22.6 Å². The van der Waals surface area contributed by atoms with Gasteiger partial charge in [-0.1, -0.05) is 18.1 Å². The molecule has 1 aromatic carbocycles. The molecule has 98 valence electrons. The summed E-state index contributed by atoms with van der Waals surface area (Å²) in [6.07, 6.45) is 0.526. The number of benzene rings is 1. The summed E-state index contributed by atoms with van der Waals surface area (Å²) in [5.41, 5.74) is 5.30. The van der Waals surface area contributed by atoms with Crippen molar-refractivity contribution >= 4 is 34.3 Å². The second-order valence-corrected chi connectivity index (χ2v) is 5.38. The first-order valence-electron chi connectivity index (χ1n) is 5.49. The van der Waals surface area contributed by atoms with Crippen LogP contribution in [0.2, 0.25) is 0 Å². The summed E-state index contributed by atoms with van der Waals surface area (Å²) in [5.74, 6) is -0.256. The maximum atomic E-state index is 12.1. The molecule has 0 aromatic heterocycles. The zero-order valence-corrected chi connectivity index (χ0v) is 12.4. The minimum atomic E-state index is -0.854. The van der Waals surface area contributed by atoms with Crippen LogP contribution in [0.15, 0.2) is 29.4 Å². The highest BCUT2D eigenvalue weighted by Crippen LogP contribution is 2.13. The van der Waals surface area contributed by atoms with Gasteiger partial charge in [-0.15, -0.1) is 0 Å². The summed E-state index contributed by atoms with van der Waals surface area (Å²) in [5, 5.41) is 14.5. The van der Waals surface area contributed by atoms with Gasteiger partial charge in [0.1, 0.15) is 0 Å².